The van der Waals surface area contributed by atoms with E-state index in [1.54, 1.807) is 14.2 Å². The van der Waals surface area contributed by atoms with E-state index in [4.69, 9.17) is 9.47 Å². The third-order valence-electron chi connectivity index (χ3n) is 4.72. The number of rotatable bonds is 9. The molecule has 2 atom stereocenters. The van der Waals surface area contributed by atoms with Gasteiger partial charge in [-0.3, -0.25) is 4.79 Å². The maximum absolute atomic E-state index is 13.2. The lowest BCUT2D eigenvalue weighted by Gasteiger charge is -2.27. The topological polar surface area (TPSA) is 52.5 Å². The van der Waals surface area contributed by atoms with Crippen LogP contribution < -0.4 is 14.8 Å². The summed E-state index contributed by atoms with van der Waals surface area (Å²) in [5.74, 6) is 2.03. The molecule has 1 aromatic carbocycles. The van der Waals surface area contributed by atoms with Crippen molar-refractivity contribution >= 4 is 5.91 Å². The predicted octanol–water partition coefficient (Wildman–Crippen LogP) is 4.61. The first-order valence-corrected chi connectivity index (χ1v) is 9.52. The van der Waals surface area contributed by atoms with Crippen LogP contribution in [0.25, 0.3) is 0 Å². The molecule has 1 aromatic heterocycles. The first kappa shape index (κ1) is 20.9. The maximum atomic E-state index is 13.2. The monoisotopic (exact) mass is 372 g/mol. The highest BCUT2D eigenvalue weighted by Crippen LogP contribution is 2.32. The number of carbonyl (C=O) groups excluding carboxylic acids is 1. The number of nitrogens with one attached hydrogen (secondary N) is 1. The molecule has 2 rings (SSSR count). The van der Waals surface area contributed by atoms with Crippen LogP contribution in [-0.4, -0.2) is 24.7 Å². The average molecular weight is 373 g/mol. The first-order chi connectivity index (χ1) is 12.9. The van der Waals surface area contributed by atoms with Crippen molar-refractivity contribution < 1.29 is 14.3 Å². The summed E-state index contributed by atoms with van der Waals surface area (Å²) in [6.45, 7) is 8.49. The number of nitrogens with zero attached hydrogens (tertiary/aromatic N) is 1. The van der Waals surface area contributed by atoms with Gasteiger partial charge in [0.2, 0.25) is 5.91 Å². The van der Waals surface area contributed by atoms with Gasteiger partial charge in [-0.15, -0.1) is 0 Å². The molecule has 0 aliphatic rings. The minimum atomic E-state index is -0.221. The van der Waals surface area contributed by atoms with Crippen molar-refractivity contribution in [3.63, 3.8) is 0 Å². The molecule has 148 valence electrons. The van der Waals surface area contributed by atoms with Crippen LogP contribution in [0.1, 0.15) is 51.8 Å². The molecule has 0 saturated heterocycles. The van der Waals surface area contributed by atoms with Gasteiger partial charge in [0.05, 0.1) is 20.3 Å². The van der Waals surface area contributed by atoms with Gasteiger partial charge in [0.1, 0.15) is 6.04 Å². The fourth-order valence-electron chi connectivity index (χ4n) is 3.30. The van der Waals surface area contributed by atoms with E-state index in [1.165, 1.54) is 0 Å². The van der Waals surface area contributed by atoms with E-state index in [-0.39, 0.29) is 23.9 Å². The Morgan fingerprint density at radius 1 is 1.04 bits per heavy atom. The molecule has 1 amide bonds. The van der Waals surface area contributed by atoms with Crippen LogP contribution in [0.3, 0.4) is 0 Å². The highest BCUT2D eigenvalue weighted by Gasteiger charge is 2.26. The summed E-state index contributed by atoms with van der Waals surface area (Å²) in [6, 6.07) is 9.39. The van der Waals surface area contributed by atoms with Gasteiger partial charge in [0.25, 0.3) is 0 Å². The molecule has 5 heteroatoms. The molecule has 0 spiro atoms. The lowest BCUT2D eigenvalue weighted by molar-refractivity contribution is -0.125. The molecular formula is C22H32N2O3. The summed E-state index contributed by atoms with van der Waals surface area (Å²) in [6.07, 6.45) is 4.69. The zero-order valence-electron chi connectivity index (χ0n) is 17.2. The number of hydrogen-bond donors (Lipinski definition) is 1. The Bertz CT molecular complexity index is 723. The Kier molecular flexibility index (Phi) is 7.34. The summed E-state index contributed by atoms with van der Waals surface area (Å²) >= 11 is 0. The number of methoxy groups -OCH3 is 2. The molecule has 2 aromatic rings. The second kappa shape index (κ2) is 9.49. The highest BCUT2D eigenvalue weighted by molar-refractivity contribution is 5.80. The van der Waals surface area contributed by atoms with Crippen molar-refractivity contribution in [2.24, 2.45) is 11.8 Å². The maximum Gasteiger partial charge on any atom is 0.243 e. The number of carbonyl (C=O) groups is 1. The van der Waals surface area contributed by atoms with Crippen LogP contribution in [0, 0.1) is 11.8 Å². The van der Waals surface area contributed by atoms with Gasteiger partial charge in [-0.05, 0) is 48.1 Å². The number of hydrogen-bond acceptors (Lipinski definition) is 3. The highest BCUT2D eigenvalue weighted by atomic mass is 16.5. The third-order valence-corrected chi connectivity index (χ3v) is 4.72. The van der Waals surface area contributed by atoms with Crippen LogP contribution in [0.15, 0.2) is 42.7 Å². The van der Waals surface area contributed by atoms with Crippen LogP contribution in [0.2, 0.25) is 0 Å². The minimum absolute atomic E-state index is 0.0355. The minimum Gasteiger partial charge on any atom is -0.493 e. The van der Waals surface area contributed by atoms with Gasteiger partial charge in [0.15, 0.2) is 11.5 Å². The summed E-state index contributed by atoms with van der Waals surface area (Å²) in [7, 11) is 3.24. The quantitative estimate of drug-likeness (QED) is 0.699. The number of amides is 1. The zero-order valence-corrected chi connectivity index (χ0v) is 17.2. The summed E-state index contributed by atoms with van der Waals surface area (Å²) in [4.78, 5) is 13.2. The van der Waals surface area contributed by atoms with Crippen molar-refractivity contribution in [3.05, 3.63) is 48.3 Å². The zero-order chi connectivity index (χ0) is 20.0. The Morgan fingerprint density at radius 2 is 1.67 bits per heavy atom. The second-order valence-electron chi connectivity index (χ2n) is 7.62. The Balaban J connectivity index is 2.27. The van der Waals surface area contributed by atoms with E-state index in [9.17, 15) is 4.79 Å². The average Bonchev–Trinajstić information content (AvgIpc) is 3.17. The van der Waals surface area contributed by atoms with Crippen molar-refractivity contribution in [2.75, 3.05) is 14.2 Å². The molecule has 2 unspecified atom stereocenters. The Morgan fingerprint density at radius 3 is 2.19 bits per heavy atom. The molecule has 0 aliphatic heterocycles. The van der Waals surface area contributed by atoms with Crippen LogP contribution in [0.4, 0.5) is 0 Å². The van der Waals surface area contributed by atoms with Crippen molar-refractivity contribution in [1.29, 1.82) is 0 Å². The molecule has 27 heavy (non-hydrogen) atoms. The molecule has 1 heterocycles. The number of aromatic nitrogens is 1. The van der Waals surface area contributed by atoms with Crippen LogP contribution in [-0.2, 0) is 4.79 Å². The first-order valence-electron chi connectivity index (χ1n) is 9.52. The number of ether oxygens (including phenoxy) is 2. The van der Waals surface area contributed by atoms with Gasteiger partial charge >= 0.3 is 0 Å². The van der Waals surface area contributed by atoms with Gasteiger partial charge in [-0.1, -0.05) is 33.8 Å². The fraction of sp³-hybridized carbons (Fsp3) is 0.500. The van der Waals surface area contributed by atoms with E-state index in [2.05, 4.69) is 33.0 Å². The van der Waals surface area contributed by atoms with Crippen molar-refractivity contribution in [1.82, 2.24) is 9.88 Å². The van der Waals surface area contributed by atoms with Gasteiger partial charge < -0.3 is 19.4 Å². The molecule has 0 aliphatic carbocycles. The van der Waals surface area contributed by atoms with Gasteiger partial charge in [-0.2, -0.15) is 0 Å². The molecule has 0 fully saturated rings. The standard InChI is InChI=1S/C22H32N2O3/c1-15(2)13-18(24-11-7-8-12-24)22(25)23-21(16(3)4)17-9-10-19(26-5)20(14-17)27-6/h7-12,14-16,18,21H,13H2,1-6H3,(H,23,25). The normalized spacial score (nSPS) is 13.5. The Labute approximate surface area is 162 Å². The third kappa shape index (κ3) is 5.28. The lowest BCUT2D eigenvalue weighted by Crippen LogP contribution is -2.37. The van der Waals surface area contributed by atoms with Gasteiger partial charge in [-0.25, -0.2) is 0 Å². The largest absolute Gasteiger partial charge is 0.493 e. The fourth-order valence-corrected chi connectivity index (χ4v) is 3.30. The molecule has 0 saturated carbocycles. The van der Waals surface area contributed by atoms with E-state index in [0.29, 0.717) is 17.4 Å². The van der Waals surface area contributed by atoms with Crippen molar-refractivity contribution in [3.8, 4) is 11.5 Å². The molecular weight excluding hydrogens is 340 g/mol. The smallest absolute Gasteiger partial charge is 0.243 e. The molecule has 0 bridgehead atoms. The molecule has 1 N–H and O–H groups in total. The number of benzene rings is 1. The summed E-state index contributed by atoms with van der Waals surface area (Å²) < 4.78 is 12.7. The lowest BCUT2D eigenvalue weighted by atomic mass is 9.94. The van der Waals surface area contributed by atoms with E-state index in [1.807, 2.05) is 47.3 Å². The predicted molar refractivity (Wildman–Crippen MR) is 108 cm³/mol. The van der Waals surface area contributed by atoms with E-state index < -0.39 is 0 Å². The SMILES string of the molecule is COc1ccc(C(NC(=O)C(CC(C)C)n2cccc2)C(C)C)cc1OC. The van der Waals surface area contributed by atoms with Crippen LogP contribution in [0.5, 0.6) is 11.5 Å². The second-order valence-corrected chi connectivity index (χ2v) is 7.62. The van der Waals surface area contributed by atoms with Crippen molar-refractivity contribution in [2.45, 2.75) is 46.2 Å². The molecule has 5 nitrogen and oxygen atoms in total. The van der Waals surface area contributed by atoms with E-state index >= 15 is 0 Å². The van der Waals surface area contributed by atoms with E-state index in [0.717, 1.165) is 12.0 Å². The summed E-state index contributed by atoms with van der Waals surface area (Å²) in [5, 5.41) is 3.26. The molecule has 0 radical (unpaired) electrons. The van der Waals surface area contributed by atoms with Crippen LogP contribution >= 0.6 is 0 Å². The Hall–Kier alpha value is -2.43. The van der Waals surface area contributed by atoms with Gasteiger partial charge in [0, 0.05) is 12.4 Å². The summed E-state index contributed by atoms with van der Waals surface area (Å²) in [5.41, 5.74) is 1.01.